The molecule has 2 aromatic heterocycles. The van der Waals surface area contributed by atoms with Gasteiger partial charge in [0.1, 0.15) is 0 Å². The van der Waals surface area contributed by atoms with E-state index >= 15 is 0 Å². The van der Waals surface area contributed by atoms with Crippen molar-refractivity contribution in [1.82, 2.24) is 25.3 Å². The number of hydrogen-bond acceptors (Lipinski definition) is 8. The normalized spacial score (nSPS) is 14.5. The molecule has 12 nitrogen and oxygen atoms in total. The van der Waals surface area contributed by atoms with E-state index in [0.29, 0.717) is 24.9 Å². The molecule has 4 aromatic carbocycles. The number of benzene rings is 4. The average molecular weight is 725 g/mol. The van der Waals surface area contributed by atoms with Crippen LogP contribution < -0.4 is 10.2 Å². The van der Waals surface area contributed by atoms with Crippen LogP contribution in [0.1, 0.15) is 25.7 Å². The first-order valence-corrected chi connectivity index (χ1v) is 18.2. The molecule has 8 rings (SSSR count). The van der Waals surface area contributed by atoms with E-state index in [1.165, 1.54) is 21.5 Å². The molecule has 1 N–H and O–H groups in total. The molecule has 0 radical (unpaired) electrons. The van der Waals surface area contributed by atoms with Crippen molar-refractivity contribution in [1.29, 1.82) is 0 Å². The molecule has 6 aromatic rings. The highest BCUT2D eigenvalue weighted by atomic mass is 35.5. The first kappa shape index (κ1) is 37.0. The highest BCUT2D eigenvalue weighted by molar-refractivity contribution is 6.28. The van der Waals surface area contributed by atoms with Crippen molar-refractivity contribution in [2.45, 2.75) is 25.7 Å². The third-order valence-electron chi connectivity index (χ3n) is 9.52. The summed E-state index contributed by atoms with van der Waals surface area (Å²) >= 11 is 5.79. The van der Waals surface area contributed by atoms with Crippen LogP contribution in [0.25, 0.3) is 64.9 Å². The molecule has 0 aliphatic carbocycles. The van der Waals surface area contributed by atoms with E-state index in [1.54, 1.807) is 6.20 Å². The third-order valence-corrected chi connectivity index (χ3v) is 9.70. The van der Waals surface area contributed by atoms with Crippen molar-refractivity contribution in [2.24, 2.45) is 22.1 Å². The Hall–Kier alpha value is -5.77. The maximum Gasteiger partial charge on any atom is 0.225 e. The summed E-state index contributed by atoms with van der Waals surface area (Å²) in [7, 11) is 0. The number of rotatable bonds is 7. The maximum atomic E-state index is 8.46. The van der Waals surface area contributed by atoms with E-state index in [4.69, 9.17) is 27.6 Å². The summed E-state index contributed by atoms with van der Waals surface area (Å²) in [5, 5.41) is 15.6. The molecule has 2 fully saturated rings. The molecule has 0 bridgehead atoms. The zero-order valence-electron chi connectivity index (χ0n) is 29.4. The predicted octanol–water partition coefficient (Wildman–Crippen LogP) is 10.1. The number of azide groups is 2. The van der Waals surface area contributed by atoms with Gasteiger partial charge in [-0.25, -0.2) is 19.9 Å². The van der Waals surface area contributed by atoms with Crippen molar-refractivity contribution in [3.05, 3.63) is 136 Å². The zero-order valence-corrected chi connectivity index (χ0v) is 30.2. The SMILES string of the molecule is Clc1nccc(-c2ccc3ccccc3c2)n1.[N-]=[N+]=NCC1CCN(c2nccc(-c3ccc4ccccc4c3)n2)CC1.[N-]=[N+]=NCC1CCNCC1. The summed E-state index contributed by atoms with van der Waals surface area (Å²) in [5.74, 6) is 1.86. The first-order valence-electron chi connectivity index (χ1n) is 17.9. The fourth-order valence-corrected chi connectivity index (χ4v) is 6.69. The van der Waals surface area contributed by atoms with E-state index < -0.39 is 0 Å². The average Bonchev–Trinajstić information content (AvgIpc) is 3.23. The van der Waals surface area contributed by atoms with Crippen molar-refractivity contribution in [3.8, 4) is 22.5 Å². The summed E-state index contributed by atoms with van der Waals surface area (Å²) < 4.78 is 0. The maximum absolute atomic E-state index is 8.46. The van der Waals surface area contributed by atoms with Crippen LogP contribution in [0.2, 0.25) is 5.28 Å². The smallest absolute Gasteiger partial charge is 0.225 e. The Labute approximate surface area is 313 Å². The number of piperidine rings is 2. The van der Waals surface area contributed by atoms with Crippen molar-refractivity contribution < 1.29 is 0 Å². The molecule has 0 amide bonds. The first-order chi connectivity index (χ1) is 26.1. The van der Waals surface area contributed by atoms with Gasteiger partial charge in [-0.3, -0.25) is 0 Å². The number of hydrogen-bond donors (Lipinski definition) is 1. The van der Waals surface area contributed by atoms with Gasteiger partial charge in [0.15, 0.2) is 0 Å². The van der Waals surface area contributed by atoms with Crippen LogP contribution in [0.5, 0.6) is 0 Å². The Morgan fingerprint density at radius 1 is 0.642 bits per heavy atom. The number of nitrogens with one attached hydrogen (secondary N) is 1. The highest BCUT2D eigenvalue weighted by Gasteiger charge is 2.21. The van der Waals surface area contributed by atoms with Gasteiger partial charge in [0.05, 0.1) is 11.4 Å². The van der Waals surface area contributed by atoms with Crippen molar-refractivity contribution in [3.63, 3.8) is 0 Å². The molecule has 2 saturated heterocycles. The molecule has 2 aliphatic rings. The van der Waals surface area contributed by atoms with Gasteiger partial charge >= 0.3 is 0 Å². The third kappa shape index (κ3) is 10.6. The molecule has 268 valence electrons. The highest BCUT2D eigenvalue weighted by Crippen LogP contribution is 2.27. The molecule has 53 heavy (non-hydrogen) atoms. The number of halogens is 1. The van der Waals surface area contributed by atoms with Gasteiger partial charge in [-0.15, -0.1) is 0 Å². The van der Waals surface area contributed by atoms with Gasteiger partial charge in [0, 0.05) is 59.5 Å². The lowest BCUT2D eigenvalue weighted by Crippen LogP contribution is -2.35. The van der Waals surface area contributed by atoms with E-state index in [9.17, 15) is 0 Å². The fourth-order valence-electron chi connectivity index (χ4n) is 6.54. The molecule has 0 atom stereocenters. The van der Waals surface area contributed by atoms with Crippen LogP contribution in [0.4, 0.5) is 5.95 Å². The molecular formula is C40H41ClN12. The second-order valence-electron chi connectivity index (χ2n) is 13.0. The minimum atomic E-state index is 0.274. The van der Waals surface area contributed by atoms with Gasteiger partial charge < -0.3 is 10.2 Å². The van der Waals surface area contributed by atoms with E-state index in [1.807, 2.05) is 36.5 Å². The monoisotopic (exact) mass is 724 g/mol. The number of fused-ring (bicyclic) bond motifs is 2. The van der Waals surface area contributed by atoms with Crippen LogP contribution in [0, 0.1) is 11.8 Å². The molecule has 0 saturated carbocycles. The van der Waals surface area contributed by atoms with Crippen LogP contribution in [-0.4, -0.2) is 59.2 Å². The molecule has 2 aliphatic heterocycles. The van der Waals surface area contributed by atoms with Crippen LogP contribution >= 0.6 is 11.6 Å². The molecule has 13 heteroatoms. The lowest BCUT2D eigenvalue weighted by atomic mass is 9.97. The van der Waals surface area contributed by atoms with Gasteiger partial charge in [-0.1, -0.05) is 83.0 Å². The van der Waals surface area contributed by atoms with Gasteiger partial charge in [-0.05, 0) is 119 Å². The Morgan fingerprint density at radius 2 is 1.15 bits per heavy atom. The topological polar surface area (TPSA) is 164 Å². The number of anilines is 1. The molecule has 4 heterocycles. The number of nitrogens with zero attached hydrogens (tertiary/aromatic N) is 11. The molecule has 0 unspecified atom stereocenters. The Balaban J connectivity index is 0.000000152. The summed E-state index contributed by atoms with van der Waals surface area (Å²) in [6, 6.07) is 33.0. The quantitative estimate of drug-likeness (QED) is 0.0745. The van der Waals surface area contributed by atoms with Crippen molar-refractivity contribution in [2.75, 3.05) is 44.2 Å². The largest absolute Gasteiger partial charge is 0.341 e. The van der Waals surface area contributed by atoms with Gasteiger partial charge in [-0.2, -0.15) is 0 Å². The van der Waals surface area contributed by atoms with E-state index in [-0.39, 0.29) is 5.28 Å². The molecular weight excluding hydrogens is 684 g/mol. The summed E-state index contributed by atoms with van der Waals surface area (Å²) in [6.07, 6.45) is 7.81. The van der Waals surface area contributed by atoms with Crippen molar-refractivity contribution >= 4 is 39.1 Å². The second-order valence-corrected chi connectivity index (χ2v) is 13.4. The van der Waals surface area contributed by atoms with Crippen LogP contribution in [-0.2, 0) is 0 Å². The molecule has 0 spiro atoms. The minimum absolute atomic E-state index is 0.274. The standard InChI is InChI=1S/C20H20N6.C14H9ClN2.C6H12N4/c21-25-23-14-15-8-11-26(12-9-15)20-22-10-7-19(24-20)18-6-5-16-3-1-2-4-17(16)13-18;15-14-16-8-7-13(17-14)12-6-5-10-3-1-2-4-11(10)9-12;7-10-9-5-6-1-3-8-4-2-6/h1-7,10,13,15H,8-9,11-12,14H2;1-9H;6,8H,1-5H2. The lowest BCUT2D eigenvalue weighted by molar-refractivity contribution is 0.382. The summed E-state index contributed by atoms with van der Waals surface area (Å²) in [4.78, 5) is 25.2. The second kappa shape index (κ2) is 19.2. The Bertz CT molecular complexity index is 2200. The van der Waals surface area contributed by atoms with Gasteiger partial charge in [0.2, 0.25) is 11.2 Å². The predicted molar refractivity (Wildman–Crippen MR) is 214 cm³/mol. The Kier molecular flexibility index (Phi) is 13.4. The van der Waals surface area contributed by atoms with Crippen LogP contribution in [0.15, 0.2) is 120 Å². The van der Waals surface area contributed by atoms with Crippen LogP contribution in [0.3, 0.4) is 0 Å². The van der Waals surface area contributed by atoms with Gasteiger partial charge in [0.25, 0.3) is 0 Å². The minimum Gasteiger partial charge on any atom is -0.341 e. The Morgan fingerprint density at radius 3 is 1.70 bits per heavy atom. The number of aromatic nitrogens is 4. The fraction of sp³-hybridized carbons (Fsp3) is 0.300. The van der Waals surface area contributed by atoms with E-state index in [0.717, 1.165) is 80.3 Å². The zero-order chi connectivity index (χ0) is 36.7. The lowest BCUT2D eigenvalue weighted by Gasteiger charge is -2.31. The van der Waals surface area contributed by atoms with E-state index in [2.05, 4.69) is 112 Å². The summed E-state index contributed by atoms with van der Waals surface area (Å²) in [6.45, 7) is 5.21. The summed E-state index contributed by atoms with van der Waals surface area (Å²) in [5.41, 5.74) is 20.4.